The lowest BCUT2D eigenvalue weighted by molar-refractivity contribution is -0.132. The first-order valence-electron chi connectivity index (χ1n) is 12.5. The van der Waals surface area contributed by atoms with Crippen LogP contribution in [-0.2, 0) is 30.6 Å². The summed E-state index contributed by atoms with van der Waals surface area (Å²) in [6.45, 7) is 2.04. The van der Waals surface area contributed by atoms with Gasteiger partial charge in [-0.1, -0.05) is 12.1 Å². The molecular weight excluding hydrogens is 446 g/mol. The highest BCUT2D eigenvalue weighted by Gasteiger charge is 2.23. The summed E-state index contributed by atoms with van der Waals surface area (Å²) in [4.78, 5) is 34.7. The van der Waals surface area contributed by atoms with Gasteiger partial charge in [-0.3, -0.25) is 14.2 Å². The number of aryl methyl sites for hydroxylation is 4. The molecule has 1 aromatic carbocycles. The summed E-state index contributed by atoms with van der Waals surface area (Å²) in [5.74, 6) is 1.70. The first-order chi connectivity index (χ1) is 16.6. The molecule has 34 heavy (non-hydrogen) atoms. The van der Waals surface area contributed by atoms with Crippen molar-refractivity contribution in [3.05, 3.63) is 57.0 Å². The van der Waals surface area contributed by atoms with E-state index in [9.17, 15) is 9.59 Å². The maximum absolute atomic E-state index is 13.1. The Morgan fingerprint density at radius 2 is 1.91 bits per heavy atom. The van der Waals surface area contributed by atoms with E-state index < -0.39 is 0 Å². The zero-order chi connectivity index (χ0) is 23.5. The van der Waals surface area contributed by atoms with E-state index in [0.29, 0.717) is 18.9 Å². The Morgan fingerprint density at radius 3 is 2.68 bits per heavy atom. The van der Waals surface area contributed by atoms with E-state index in [1.165, 1.54) is 22.4 Å². The van der Waals surface area contributed by atoms with Crippen LogP contribution in [0.2, 0.25) is 0 Å². The molecule has 1 fully saturated rings. The average Bonchev–Trinajstić information content (AvgIpc) is 3.27. The first kappa shape index (κ1) is 23.1. The summed E-state index contributed by atoms with van der Waals surface area (Å²) in [7, 11) is 1.69. The number of aromatic nitrogens is 2. The fraction of sp³-hybridized carbons (Fsp3) is 0.519. The van der Waals surface area contributed by atoms with Crippen LogP contribution >= 0.6 is 11.3 Å². The zero-order valence-corrected chi connectivity index (χ0v) is 20.7. The van der Waals surface area contributed by atoms with Gasteiger partial charge >= 0.3 is 0 Å². The van der Waals surface area contributed by atoms with E-state index in [1.807, 2.05) is 17.0 Å². The highest BCUT2D eigenvalue weighted by atomic mass is 32.1. The van der Waals surface area contributed by atoms with E-state index >= 15 is 0 Å². The minimum Gasteiger partial charge on any atom is -0.497 e. The standard InChI is InChI=1S/C27H33N3O3S/c1-33-21-10-8-19(9-11-21)6-7-20-12-15-29(16-13-20)24(31)14-17-30-18-28-26-25(27(30)32)22-4-2-3-5-23(22)34-26/h8-11,18,20H,2-7,12-17H2,1H3. The Balaban J connectivity index is 1.12. The molecule has 2 aromatic heterocycles. The van der Waals surface area contributed by atoms with Gasteiger partial charge in [0.1, 0.15) is 10.6 Å². The molecule has 7 heteroatoms. The van der Waals surface area contributed by atoms with Crippen molar-refractivity contribution in [3.63, 3.8) is 0 Å². The van der Waals surface area contributed by atoms with Crippen molar-refractivity contribution in [2.75, 3.05) is 20.2 Å². The van der Waals surface area contributed by atoms with E-state index in [-0.39, 0.29) is 11.5 Å². The van der Waals surface area contributed by atoms with Crippen LogP contribution in [0.3, 0.4) is 0 Å². The maximum atomic E-state index is 13.1. The molecule has 1 amide bonds. The third-order valence-electron chi connectivity index (χ3n) is 7.48. The molecule has 0 radical (unpaired) electrons. The molecule has 180 valence electrons. The summed E-state index contributed by atoms with van der Waals surface area (Å²) >= 11 is 1.67. The van der Waals surface area contributed by atoms with Crippen LogP contribution in [0.5, 0.6) is 5.75 Å². The Hall–Kier alpha value is -2.67. The summed E-state index contributed by atoms with van der Waals surface area (Å²) in [6, 6.07) is 8.31. The maximum Gasteiger partial charge on any atom is 0.262 e. The molecule has 3 heterocycles. The molecule has 1 aliphatic heterocycles. The molecule has 1 aliphatic carbocycles. The van der Waals surface area contributed by atoms with Crippen LogP contribution in [0.4, 0.5) is 0 Å². The van der Waals surface area contributed by atoms with Gasteiger partial charge in [-0.05, 0) is 80.5 Å². The van der Waals surface area contributed by atoms with Crippen molar-refractivity contribution in [2.24, 2.45) is 5.92 Å². The van der Waals surface area contributed by atoms with Crippen molar-refractivity contribution < 1.29 is 9.53 Å². The van der Waals surface area contributed by atoms with Gasteiger partial charge in [0, 0.05) is 30.9 Å². The predicted molar refractivity (Wildman–Crippen MR) is 136 cm³/mol. The number of benzene rings is 1. The molecule has 0 saturated carbocycles. The topological polar surface area (TPSA) is 64.4 Å². The molecule has 0 spiro atoms. The fourth-order valence-electron chi connectivity index (χ4n) is 5.35. The number of carbonyl (C=O) groups is 1. The Bertz CT molecular complexity index is 1210. The second kappa shape index (κ2) is 10.3. The molecule has 5 rings (SSSR count). The van der Waals surface area contributed by atoms with Crippen LogP contribution in [-0.4, -0.2) is 40.6 Å². The lowest BCUT2D eigenvalue weighted by Crippen LogP contribution is -2.39. The zero-order valence-electron chi connectivity index (χ0n) is 19.9. The fourth-order valence-corrected chi connectivity index (χ4v) is 6.57. The van der Waals surface area contributed by atoms with Crippen LogP contribution in [0.1, 0.15) is 54.5 Å². The molecule has 2 aliphatic rings. The van der Waals surface area contributed by atoms with E-state index in [1.54, 1.807) is 29.3 Å². The summed E-state index contributed by atoms with van der Waals surface area (Å²) < 4.78 is 6.87. The number of methoxy groups -OCH3 is 1. The van der Waals surface area contributed by atoms with Crippen LogP contribution in [0.15, 0.2) is 35.4 Å². The van der Waals surface area contributed by atoms with Crippen molar-refractivity contribution >= 4 is 27.5 Å². The number of ether oxygens (including phenoxy) is 1. The second-order valence-corrected chi connectivity index (χ2v) is 10.7. The highest BCUT2D eigenvalue weighted by Crippen LogP contribution is 2.33. The SMILES string of the molecule is COc1ccc(CCC2CCN(C(=O)CCn3cnc4sc5c(c4c3=O)CCCC5)CC2)cc1. The number of hydrogen-bond acceptors (Lipinski definition) is 5. The molecule has 1 saturated heterocycles. The van der Waals surface area contributed by atoms with Gasteiger partial charge < -0.3 is 9.64 Å². The average molecular weight is 480 g/mol. The number of nitrogens with zero attached hydrogens (tertiary/aromatic N) is 3. The Labute approximate surface area is 204 Å². The van der Waals surface area contributed by atoms with Crippen molar-refractivity contribution in [1.82, 2.24) is 14.5 Å². The molecule has 0 atom stereocenters. The van der Waals surface area contributed by atoms with E-state index in [4.69, 9.17) is 4.74 Å². The minimum absolute atomic E-state index is 0.0226. The number of amides is 1. The van der Waals surface area contributed by atoms with Crippen LogP contribution < -0.4 is 10.3 Å². The summed E-state index contributed by atoms with van der Waals surface area (Å²) in [6.07, 6.45) is 10.7. The smallest absolute Gasteiger partial charge is 0.262 e. The van der Waals surface area contributed by atoms with Crippen molar-refractivity contribution in [1.29, 1.82) is 0 Å². The molecular formula is C27H33N3O3S. The number of likely N-dealkylation sites (tertiary alicyclic amines) is 1. The van der Waals surface area contributed by atoms with Gasteiger partial charge in [0.15, 0.2) is 0 Å². The predicted octanol–water partition coefficient (Wildman–Crippen LogP) is 4.61. The van der Waals surface area contributed by atoms with Gasteiger partial charge in [0.25, 0.3) is 5.56 Å². The molecule has 0 N–H and O–H groups in total. The third kappa shape index (κ3) is 4.90. The van der Waals surface area contributed by atoms with E-state index in [2.05, 4.69) is 17.1 Å². The normalized spacial score (nSPS) is 16.6. The number of rotatable bonds is 7. The van der Waals surface area contributed by atoms with Crippen LogP contribution in [0.25, 0.3) is 10.2 Å². The molecule has 6 nitrogen and oxygen atoms in total. The third-order valence-corrected chi connectivity index (χ3v) is 8.68. The minimum atomic E-state index is 0.0226. The number of fused-ring (bicyclic) bond motifs is 3. The van der Waals surface area contributed by atoms with Gasteiger partial charge in [0.05, 0.1) is 18.8 Å². The lowest BCUT2D eigenvalue weighted by Gasteiger charge is -2.32. The van der Waals surface area contributed by atoms with Gasteiger partial charge in [-0.25, -0.2) is 4.98 Å². The lowest BCUT2D eigenvalue weighted by atomic mass is 9.90. The Kier molecular flexibility index (Phi) is 6.99. The van der Waals surface area contributed by atoms with E-state index in [0.717, 1.165) is 74.0 Å². The van der Waals surface area contributed by atoms with Crippen LogP contribution in [0, 0.1) is 5.92 Å². The molecule has 3 aromatic rings. The number of hydrogen-bond donors (Lipinski definition) is 0. The summed E-state index contributed by atoms with van der Waals surface area (Å²) in [5.41, 5.74) is 2.57. The number of piperidine rings is 1. The number of thiophene rings is 1. The molecule has 0 unspecified atom stereocenters. The Morgan fingerprint density at radius 1 is 1.15 bits per heavy atom. The quantitative estimate of drug-likeness (QED) is 0.497. The van der Waals surface area contributed by atoms with Gasteiger partial charge in [-0.15, -0.1) is 11.3 Å². The highest BCUT2D eigenvalue weighted by molar-refractivity contribution is 7.18. The second-order valence-electron chi connectivity index (χ2n) is 9.60. The molecule has 0 bridgehead atoms. The monoisotopic (exact) mass is 479 g/mol. The summed E-state index contributed by atoms with van der Waals surface area (Å²) in [5, 5.41) is 0.798. The largest absolute Gasteiger partial charge is 0.497 e. The van der Waals surface area contributed by atoms with Crippen molar-refractivity contribution in [3.8, 4) is 5.75 Å². The first-order valence-corrected chi connectivity index (χ1v) is 13.3. The van der Waals surface area contributed by atoms with Gasteiger partial charge in [0.2, 0.25) is 5.91 Å². The van der Waals surface area contributed by atoms with Crippen molar-refractivity contribution in [2.45, 2.75) is 64.3 Å². The van der Waals surface area contributed by atoms with Gasteiger partial charge in [-0.2, -0.15) is 0 Å². The number of carbonyl (C=O) groups excluding carboxylic acids is 1.